The molecule has 0 aliphatic heterocycles. The molecule has 0 N–H and O–H groups in total. The van der Waals surface area contributed by atoms with E-state index in [1.165, 1.54) is 5.57 Å². The zero-order valence-electron chi connectivity index (χ0n) is 13.8. The van der Waals surface area contributed by atoms with Crippen LogP contribution < -0.4 is 0 Å². The third kappa shape index (κ3) is 6.02. The van der Waals surface area contributed by atoms with E-state index in [0.717, 1.165) is 25.7 Å². The first-order valence-electron chi connectivity index (χ1n) is 7.83. The van der Waals surface area contributed by atoms with E-state index in [4.69, 9.17) is 0 Å². The summed E-state index contributed by atoms with van der Waals surface area (Å²) < 4.78 is 0. The molecule has 0 aromatic rings. The van der Waals surface area contributed by atoms with Crippen LogP contribution in [0.15, 0.2) is 11.6 Å². The van der Waals surface area contributed by atoms with Gasteiger partial charge in [-0.05, 0) is 31.1 Å². The van der Waals surface area contributed by atoms with Crippen LogP contribution in [0.4, 0.5) is 0 Å². The summed E-state index contributed by atoms with van der Waals surface area (Å²) in [6, 6.07) is 0. The molecular formula is C18H30O2. The van der Waals surface area contributed by atoms with Gasteiger partial charge in [0.15, 0.2) is 0 Å². The maximum absolute atomic E-state index is 12.0. The van der Waals surface area contributed by atoms with Crippen LogP contribution in [-0.4, -0.2) is 11.6 Å². The fourth-order valence-electron chi connectivity index (χ4n) is 2.40. The standard InChI is InChI=1S/C18H30O2/c1-17(2,3)16(20)9-7-14-6-8-15(19)11-13-18(4,5)12-10-14/h10H,6-9,11-13H2,1-5H3/b14-10+. The van der Waals surface area contributed by atoms with E-state index >= 15 is 0 Å². The van der Waals surface area contributed by atoms with E-state index in [0.29, 0.717) is 30.8 Å². The molecule has 0 spiro atoms. The second-order valence-corrected chi connectivity index (χ2v) is 7.94. The lowest BCUT2D eigenvalue weighted by molar-refractivity contribution is -0.126. The summed E-state index contributed by atoms with van der Waals surface area (Å²) in [5.41, 5.74) is 1.24. The fraction of sp³-hybridized carbons (Fsp3) is 0.778. The second-order valence-electron chi connectivity index (χ2n) is 7.94. The van der Waals surface area contributed by atoms with Crippen molar-refractivity contribution in [3.8, 4) is 0 Å². The Balaban J connectivity index is 2.66. The van der Waals surface area contributed by atoms with E-state index in [1.54, 1.807) is 0 Å². The van der Waals surface area contributed by atoms with E-state index in [9.17, 15) is 9.59 Å². The number of rotatable bonds is 3. The van der Waals surface area contributed by atoms with Gasteiger partial charge in [-0.25, -0.2) is 0 Å². The number of Topliss-reactive ketones (excluding diaryl/α,β-unsaturated/α-hetero) is 2. The Morgan fingerprint density at radius 2 is 1.85 bits per heavy atom. The topological polar surface area (TPSA) is 34.1 Å². The van der Waals surface area contributed by atoms with Crippen LogP contribution in [0.5, 0.6) is 0 Å². The lowest BCUT2D eigenvalue weighted by atomic mass is 9.83. The number of allylic oxidation sites excluding steroid dienone is 2. The van der Waals surface area contributed by atoms with Gasteiger partial charge in [0.2, 0.25) is 0 Å². The van der Waals surface area contributed by atoms with Crippen molar-refractivity contribution in [3.63, 3.8) is 0 Å². The minimum Gasteiger partial charge on any atom is -0.300 e. The lowest BCUT2D eigenvalue weighted by Gasteiger charge is -2.22. The van der Waals surface area contributed by atoms with Crippen LogP contribution in [0.2, 0.25) is 0 Å². The molecule has 114 valence electrons. The fourth-order valence-corrected chi connectivity index (χ4v) is 2.40. The van der Waals surface area contributed by atoms with Crippen LogP contribution in [-0.2, 0) is 9.59 Å². The molecule has 0 radical (unpaired) electrons. The van der Waals surface area contributed by atoms with Crippen LogP contribution in [0, 0.1) is 10.8 Å². The molecule has 0 saturated carbocycles. The van der Waals surface area contributed by atoms with Gasteiger partial charge >= 0.3 is 0 Å². The molecule has 0 amide bonds. The van der Waals surface area contributed by atoms with Gasteiger partial charge < -0.3 is 0 Å². The van der Waals surface area contributed by atoms with Gasteiger partial charge in [0.05, 0.1) is 0 Å². The highest BCUT2D eigenvalue weighted by atomic mass is 16.1. The number of hydrogen-bond acceptors (Lipinski definition) is 2. The largest absolute Gasteiger partial charge is 0.300 e. The van der Waals surface area contributed by atoms with Crippen molar-refractivity contribution < 1.29 is 9.59 Å². The lowest BCUT2D eigenvalue weighted by Crippen LogP contribution is -2.19. The van der Waals surface area contributed by atoms with Gasteiger partial charge in [-0.2, -0.15) is 0 Å². The number of ketones is 2. The van der Waals surface area contributed by atoms with Crippen molar-refractivity contribution in [3.05, 3.63) is 11.6 Å². The van der Waals surface area contributed by atoms with Crippen molar-refractivity contribution in [2.45, 2.75) is 79.6 Å². The molecule has 2 nitrogen and oxygen atoms in total. The highest BCUT2D eigenvalue weighted by molar-refractivity contribution is 5.83. The molecule has 0 fully saturated rings. The molecule has 0 aromatic carbocycles. The van der Waals surface area contributed by atoms with Gasteiger partial charge in [-0.15, -0.1) is 0 Å². The smallest absolute Gasteiger partial charge is 0.138 e. The van der Waals surface area contributed by atoms with Crippen molar-refractivity contribution >= 4 is 11.6 Å². The molecule has 0 unspecified atom stereocenters. The van der Waals surface area contributed by atoms with Crippen molar-refractivity contribution in [2.75, 3.05) is 0 Å². The Morgan fingerprint density at radius 3 is 2.45 bits per heavy atom. The number of carbonyl (C=O) groups excluding carboxylic acids is 2. The van der Waals surface area contributed by atoms with Gasteiger partial charge in [0, 0.05) is 24.7 Å². The zero-order chi connectivity index (χ0) is 15.4. The Hall–Kier alpha value is -0.920. The SMILES string of the molecule is CC1(C)C/C=C(/CCC(=O)C(C)(C)C)CCC(=O)CC1. The van der Waals surface area contributed by atoms with Crippen LogP contribution in [0.25, 0.3) is 0 Å². The molecule has 20 heavy (non-hydrogen) atoms. The third-order valence-electron chi connectivity index (χ3n) is 4.26. The predicted molar refractivity (Wildman–Crippen MR) is 83.7 cm³/mol. The highest BCUT2D eigenvalue weighted by Crippen LogP contribution is 2.31. The van der Waals surface area contributed by atoms with Crippen LogP contribution >= 0.6 is 0 Å². The van der Waals surface area contributed by atoms with E-state index in [2.05, 4.69) is 19.9 Å². The van der Waals surface area contributed by atoms with E-state index in [1.807, 2.05) is 20.8 Å². The van der Waals surface area contributed by atoms with Gasteiger partial charge in [-0.3, -0.25) is 9.59 Å². The van der Waals surface area contributed by atoms with Crippen LogP contribution in [0.3, 0.4) is 0 Å². The van der Waals surface area contributed by atoms with Crippen molar-refractivity contribution in [1.29, 1.82) is 0 Å². The first-order valence-corrected chi connectivity index (χ1v) is 7.83. The molecule has 1 aliphatic carbocycles. The Labute approximate surface area is 124 Å². The zero-order valence-corrected chi connectivity index (χ0v) is 13.8. The van der Waals surface area contributed by atoms with Gasteiger partial charge in [0.1, 0.15) is 11.6 Å². The number of carbonyl (C=O) groups is 2. The van der Waals surface area contributed by atoms with Crippen molar-refractivity contribution in [1.82, 2.24) is 0 Å². The molecule has 0 aromatic heterocycles. The molecule has 2 heteroatoms. The third-order valence-corrected chi connectivity index (χ3v) is 4.26. The maximum atomic E-state index is 12.0. The molecule has 0 bridgehead atoms. The summed E-state index contributed by atoms with van der Waals surface area (Å²) in [4.78, 5) is 23.9. The minimum absolute atomic E-state index is 0.194. The first-order chi connectivity index (χ1) is 9.10. The molecule has 0 atom stereocenters. The average Bonchev–Trinajstić information content (AvgIpc) is 2.38. The second kappa shape index (κ2) is 6.69. The minimum atomic E-state index is -0.256. The average molecular weight is 278 g/mol. The van der Waals surface area contributed by atoms with Crippen LogP contribution in [0.1, 0.15) is 79.6 Å². The molecule has 1 aliphatic rings. The molecule has 0 saturated heterocycles. The Morgan fingerprint density at radius 1 is 1.20 bits per heavy atom. The summed E-state index contributed by atoms with van der Waals surface area (Å²) in [7, 11) is 0. The normalized spacial score (nSPS) is 23.2. The van der Waals surface area contributed by atoms with Crippen molar-refractivity contribution in [2.24, 2.45) is 10.8 Å². The summed E-state index contributed by atoms with van der Waals surface area (Å²) in [5, 5.41) is 0. The summed E-state index contributed by atoms with van der Waals surface area (Å²) in [5.74, 6) is 0.678. The summed E-state index contributed by atoms with van der Waals surface area (Å²) in [6.45, 7) is 10.4. The highest BCUT2D eigenvalue weighted by Gasteiger charge is 2.23. The van der Waals surface area contributed by atoms with Gasteiger partial charge in [0.25, 0.3) is 0 Å². The van der Waals surface area contributed by atoms with E-state index in [-0.39, 0.29) is 10.8 Å². The Bertz CT molecular complexity index is 394. The quantitative estimate of drug-likeness (QED) is 0.690. The molecule has 0 heterocycles. The monoisotopic (exact) mass is 278 g/mol. The first kappa shape index (κ1) is 17.1. The molecular weight excluding hydrogens is 248 g/mol. The van der Waals surface area contributed by atoms with Gasteiger partial charge in [-0.1, -0.05) is 46.3 Å². The summed E-state index contributed by atoms with van der Waals surface area (Å²) in [6.07, 6.45) is 7.88. The Kier molecular flexibility index (Phi) is 5.73. The number of hydrogen-bond donors (Lipinski definition) is 0. The van der Waals surface area contributed by atoms with E-state index < -0.39 is 0 Å². The molecule has 1 rings (SSSR count). The predicted octanol–water partition coefficient (Wildman–Crippen LogP) is 4.87. The maximum Gasteiger partial charge on any atom is 0.138 e. The summed E-state index contributed by atoms with van der Waals surface area (Å²) >= 11 is 0.